The third-order valence-electron chi connectivity index (χ3n) is 3.12. The number of hydrogen-bond donors (Lipinski definition) is 3. The van der Waals surface area contributed by atoms with Crippen LogP contribution in [-0.2, 0) is 0 Å². The summed E-state index contributed by atoms with van der Waals surface area (Å²) in [5, 5.41) is 3.27. The van der Waals surface area contributed by atoms with Gasteiger partial charge in [0.05, 0.1) is 0 Å². The Bertz CT molecular complexity index is 451. The summed E-state index contributed by atoms with van der Waals surface area (Å²) in [4.78, 5) is 18.8. The van der Waals surface area contributed by atoms with Crippen LogP contribution in [0.5, 0.6) is 0 Å². The number of nitrogens with two attached hydrogens (primary N) is 1. The highest BCUT2D eigenvalue weighted by Gasteiger charge is 2.26. The van der Waals surface area contributed by atoms with Crippen LogP contribution in [0.15, 0.2) is 10.9 Å². The molecule has 1 atom stereocenters. The molecule has 1 heterocycles. The molecule has 1 aromatic rings. The summed E-state index contributed by atoms with van der Waals surface area (Å²) in [6, 6.07) is 1.68. The smallest absolute Gasteiger partial charge is 0.252 e. The van der Waals surface area contributed by atoms with E-state index in [4.69, 9.17) is 5.73 Å². The minimum Gasteiger partial charge on any atom is -0.366 e. The zero-order chi connectivity index (χ0) is 13.1. The number of nitrogens with one attached hydrogen (secondary N) is 2. The summed E-state index contributed by atoms with van der Waals surface area (Å²) >= 11 is 0. The van der Waals surface area contributed by atoms with Crippen molar-refractivity contribution in [3.8, 4) is 0 Å². The molecule has 0 aromatic carbocycles. The summed E-state index contributed by atoms with van der Waals surface area (Å²) in [5.41, 5.74) is 5.65. The Hall–Kier alpha value is -1.36. The van der Waals surface area contributed by atoms with Gasteiger partial charge in [-0.05, 0) is 25.2 Å². The summed E-state index contributed by atoms with van der Waals surface area (Å²) in [5.74, 6) is 2.47. The predicted octanol–water partition coefficient (Wildman–Crippen LogP) is 1.43. The molecule has 2 rings (SSSR count). The Morgan fingerprint density at radius 3 is 2.83 bits per heavy atom. The summed E-state index contributed by atoms with van der Waals surface area (Å²) in [6.45, 7) is 4.86. The monoisotopic (exact) mass is 250 g/mol. The zero-order valence-electron chi connectivity index (χ0n) is 11.1. The van der Waals surface area contributed by atoms with E-state index in [0.29, 0.717) is 24.2 Å². The lowest BCUT2D eigenvalue weighted by molar-refractivity contribution is 0.520. The first-order valence-corrected chi connectivity index (χ1v) is 6.66. The van der Waals surface area contributed by atoms with Crippen molar-refractivity contribution >= 4 is 5.82 Å². The largest absolute Gasteiger partial charge is 0.366 e. The van der Waals surface area contributed by atoms with Gasteiger partial charge in [-0.3, -0.25) is 4.79 Å². The van der Waals surface area contributed by atoms with E-state index >= 15 is 0 Å². The highest BCUT2D eigenvalue weighted by Crippen LogP contribution is 2.37. The number of H-pyrrole nitrogens is 1. The van der Waals surface area contributed by atoms with Crippen molar-refractivity contribution in [1.82, 2.24) is 9.97 Å². The number of nitrogens with zero attached hydrogens (tertiary/aromatic N) is 1. The van der Waals surface area contributed by atoms with E-state index in [-0.39, 0.29) is 11.6 Å². The molecule has 1 aromatic heterocycles. The van der Waals surface area contributed by atoms with E-state index < -0.39 is 0 Å². The van der Waals surface area contributed by atoms with Gasteiger partial charge in [-0.2, -0.15) is 0 Å². The van der Waals surface area contributed by atoms with Crippen molar-refractivity contribution in [2.45, 2.75) is 45.1 Å². The quantitative estimate of drug-likeness (QED) is 0.713. The minimum atomic E-state index is -0.0882. The molecule has 0 amide bonds. The molecule has 0 aliphatic heterocycles. The Morgan fingerprint density at radius 1 is 1.56 bits per heavy atom. The van der Waals surface area contributed by atoms with Gasteiger partial charge in [0.2, 0.25) is 0 Å². The first-order valence-electron chi connectivity index (χ1n) is 6.66. The van der Waals surface area contributed by atoms with Crippen LogP contribution in [0.3, 0.4) is 0 Å². The Kier molecular flexibility index (Phi) is 4.01. The van der Waals surface area contributed by atoms with Crippen LogP contribution >= 0.6 is 0 Å². The standard InChI is InChI=1S/C13H22N4O/c1-8(2)5-10(7-14)15-11-6-12(18)17-13(16-11)9-3-4-9/h6,8-10H,3-5,7,14H2,1-2H3,(H2,15,16,17,18). The first kappa shape index (κ1) is 13.1. The van der Waals surface area contributed by atoms with Crippen LogP contribution in [0.2, 0.25) is 0 Å². The normalized spacial score (nSPS) is 16.9. The molecule has 0 saturated heterocycles. The molecule has 1 fully saturated rings. The van der Waals surface area contributed by atoms with Gasteiger partial charge in [-0.25, -0.2) is 4.98 Å². The van der Waals surface area contributed by atoms with Crippen LogP contribution in [0.4, 0.5) is 5.82 Å². The maximum Gasteiger partial charge on any atom is 0.252 e. The maximum absolute atomic E-state index is 11.6. The fourth-order valence-corrected chi connectivity index (χ4v) is 2.09. The summed E-state index contributed by atoms with van der Waals surface area (Å²) in [6.07, 6.45) is 3.22. The molecule has 4 N–H and O–H groups in total. The van der Waals surface area contributed by atoms with Gasteiger partial charge in [0.1, 0.15) is 11.6 Å². The van der Waals surface area contributed by atoms with Gasteiger partial charge in [0, 0.05) is 24.6 Å². The van der Waals surface area contributed by atoms with Crippen LogP contribution in [0.25, 0.3) is 0 Å². The van der Waals surface area contributed by atoms with E-state index in [9.17, 15) is 4.79 Å². The molecule has 0 bridgehead atoms. The Morgan fingerprint density at radius 2 is 2.28 bits per heavy atom. The van der Waals surface area contributed by atoms with Gasteiger partial charge in [-0.1, -0.05) is 13.8 Å². The van der Waals surface area contributed by atoms with E-state index in [1.165, 1.54) is 6.07 Å². The first-order chi connectivity index (χ1) is 8.58. The number of hydrogen-bond acceptors (Lipinski definition) is 4. The number of anilines is 1. The molecule has 18 heavy (non-hydrogen) atoms. The van der Waals surface area contributed by atoms with E-state index in [0.717, 1.165) is 25.1 Å². The fourth-order valence-electron chi connectivity index (χ4n) is 2.09. The topological polar surface area (TPSA) is 83.8 Å². The predicted molar refractivity (Wildman–Crippen MR) is 72.8 cm³/mol. The lowest BCUT2D eigenvalue weighted by Crippen LogP contribution is -2.31. The van der Waals surface area contributed by atoms with Crippen LogP contribution in [-0.4, -0.2) is 22.6 Å². The molecule has 1 aliphatic carbocycles. The van der Waals surface area contributed by atoms with Crippen LogP contribution < -0.4 is 16.6 Å². The van der Waals surface area contributed by atoms with Gasteiger partial charge in [-0.15, -0.1) is 0 Å². The fraction of sp³-hybridized carbons (Fsp3) is 0.692. The average Bonchev–Trinajstić information content (AvgIpc) is 3.10. The van der Waals surface area contributed by atoms with Gasteiger partial charge in [0.15, 0.2) is 0 Å². The third kappa shape index (κ3) is 3.57. The zero-order valence-corrected chi connectivity index (χ0v) is 11.1. The Balaban J connectivity index is 2.09. The average molecular weight is 250 g/mol. The van der Waals surface area contributed by atoms with Crippen LogP contribution in [0, 0.1) is 5.92 Å². The Labute approximate surface area is 107 Å². The SMILES string of the molecule is CC(C)CC(CN)Nc1cc(=O)[nH]c(C2CC2)n1. The molecule has 5 heteroatoms. The molecule has 0 spiro atoms. The lowest BCUT2D eigenvalue weighted by atomic mass is 10.0. The second-order valence-electron chi connectivity index (χ2n) is 5.50. The van der Waals surface area contributed by atoms with Crippen molar-refractivity contribution in [3.05, 3.63) is 22.2 Å². The molecule has 0 radical (unpaired) electrons. The van der Waals surface area contributed by atoms with E-state index in [2.05, 4.69) is 29.1 Å². The maximum atomic E-state index is 11.6. The third-order valence-corrected chi connectivity index (χ3v) is 3.12. The second kappa shape index (κ2) is 5.52. The van der Waals surface area contributed by atoms with E-state index in [1.807, 2.05) is 0 Å². The highest BCUT2D eigenvalue weighted by molar-refractivity contribution is 5.35. The highest BCUT2D eigenvalue weighted by atomic mass is 16.1. The number of rotatable bonds is 6. The molecule has 100 valence electrons. The lowest BCUT2D eigenvalue weighted by Gasteiger charge is -2.19. The molecule has 5 nitrogen and oxygen atoms in total. The van der Waals surface area contributed by atoms with Crippen molar-refractivity contribution in [2.24, 2.45) is 11.7 Å². The van der Waals surface area contributed by atoms with Crippen molar-refractivity contribution < 1.29 is 0 Å². The summed E-state index contributed by atoms with van der Waals surface area (Å²) < 4.78 is 0. The molecular weight excluding hydrogens is 228 g/mol. The van der Waals surface area contributed by atoms with Crippen molar-refractivity contribution in [2.75, 3.05) is 11.9 Å². The van der Waals surface area contributed by atoms with Gasteiger partial charge in [0.25, 0.3) is 5.56 Å². The summed E-state index contributed by atoms with van der Waals surface area (Å²) in [7, 11) is 0. The minimum absolute atomic E-state index is 0.0882. The molecule has 1 aliphatic rings. The van der Waals surface area contributed by atoms with Crippen molar-refractivity contribution in [1.29, 1.82) is 0 Å². The second-order valence-corrected chi connectivity index (χ2v) is 5.50. The van der Waals surface area contributed by atoms with Gasteiger partial charge >= 0.3 is 0 Å². The van der Waals surface area contributed by atoms with Crippen LogP contribution in [0.1, 0.15) is 44.9 Å². The molecule has 1 saturated carbocycles. The molecule has 1 unspecified atom stereocenters. The molecular formula is C13H22N4O. The van der Waals surface area contributed by atoms with Crippen molar-refractivity contribution in [3.63, 3.8) is 0 Å². The van der Waals surface area contributed by atoms with Gasteiger partial charge < -0.3 is 16.0 Å². The number of aromatic amines is 1. The number of aromatic nitrogens is 2. The van der Waals surface area contributed by atoms with E-state index in [1.54, 1.807) is 0 Å².